The molecule has 3 N–H and O–H groups in total. The van der Waals surface area contributed by atoms with Gasteiger partial charge in [-0.25, -0.2) is 4.79 Å². The maximum Gasteiger partial charge on any atom is 0.408 e. The van der Waals surface area contributed by atoms with E-state index in [2.05, 4.69) is 10.6 Å². The number of carbonyl (C=O) groups is 3. The van der Waals surface area contributed by atoms with E-state index < -0.39 is 36.3 Å². The molecule has 0 aliphatic heterocycles. The molecular formula is C27H37N3O5. The fourth-order valence-corrected chi connectivity index (χ4v) is 3.55. The van der Waals surface area contributed by atoms with Gasteiger partial charge in [0, 0.05) is 12.2 Å². The molecule has 3 amide bonds. The van der Waals surface area contributed by atoms with Crippen molar-refractivity contribution in [3.05, 3.63) is 65.7 Å². The van der Waals surface area contributed by atoms with Crippen molar-refractivity contribution in [1.29, 1.82) is 0 Å². The van der Waals surface area contributed by atoms with Gasteiger partial charge >= 0.3 is 6.09 Å². The second-order valence-electron chi connectivity index (χ2n) is 9.38. The number of hydrogen-bond acceptors (Lipinski definition) is 5. The van der Waals surface area contributed by atoms with Gasteiger partial charge in [-0.3, -0.25) is 9.59 Å². The molecule has 0 spiro atoms. The Morgan fingerprint density at radius 3 is 2.23 bits per heavy atom. The highest BCUT2D eigenvalue weighted by Gasteiger charge is 2.36. The van der Waals surface area contributed by atoms with Crippen LogP contribution in [0, 0.1) is 6.92 Å². The molecular weight excluding hydrogens is 446 g/mol. The minimum absolute atomic E-state index is 0.266. The average Bonchev–Trinajstić information content (AvgIpc) is 2.80. The second-order valence-corrected chi connectivity index (χ2v) is 9.38. The van der Waals surface area contributed by atoms with E-state index in [1.165, 1.54) is 4.90 Å². The molecule has 2 aromatic carbocycles. The summed E-state index contributed by atoms with van der Waals surface area (Å²) < 4.78 is 5.25. The van der Waals surface area contributed by atoms with Crippen LogP contribution in [0.15, 0.2) is 54.6 Å². The summed E-state index contributed by atoms with van der Waals surface area (Å²) in [5.41, 5.74) is 1.39. The zero-order chi connectivity index (χ0) is 26.0. The maximum atomic E-state index is 13.6. The third kappa shape index (κ3) is 8.40. The van der Waals surface area contributed by atoms with Crippen molar-refractivity contribution in [1.82, 2.24) is 10.2 Å². The highest BCUT2D eigenvalue weighted by atomic mass is 16.6. The number of nitrogens with one attached hydrogen (secondary N) is 2. The highest BCUT2D eigenvalue weighted by molar-refractivity contribution is 5.99. The first-order valence-electron chi connectivity index (χ1n) is 11.9. The number of carbonyl (C=O) groups excluding carboxylic acids is 3. The van der Waals surface area contributed by atoms with Gasteiger partial charge in [0.05, 0.1) is 6.61 Å². The molecule has 0 aromatic heterocycles. The topological polar surface area (TPSA) is 108 Å². The quantitative estimate of drug-likeness (QED) is 0.470. The fourth-order valence-electron chi connectivity index (χ4n) is 3.55. The Morgan fingerprint density at radius 1 is 1.03 bits per heavy atom. The number of anilines is 1. The number of ether oxygens (including phenoxy) is 1. The summed E-state index contributed by atoms with van der Waals surface area (Å²) in [6.07, 6.45) is 0.603. The smallest absolute Gasteiger partial charge is 0.408 e. The van der Waals surface area contributed by atoms with E-state index in [0.717, 1.165) is 12.0 Å². The Kier molecular flexibility index (Phi) is 10.3. The van der Waals surface area contributed by atoms with Gasteiger partial charge in [0.1, 0.15) is 17.7 Å². The molecule has 0 heterocycles. The first-order valence-corrected chi connectivity index (χ1v) is 11.9. The van der Waals surface area contributed by atoms with E-state index in [1.807, 2.05) is 38.1 Å². The SMILES string of the molecule is CCCCN(C(=O)C(CO)NC(=O)OC(C)(C)C)C(C(=O)Nc1ccccc1C)c1ccccc1. The molecule has 2 rings (SSSR count). The molecule has 0 aliphatic carbocycles. The summed E-state index contributed by atoms with van der Waals surface area (Å²) in [6.45, 7) is 8.62. The summed E-state index contributed by atoms with van der Waals surface area (Å²) in [6, 6.07) is 14.2. The molecule has 190 valence electrons. The minimum Gasteiger partial charge on any atom is -0.444 e. The molecule has 0 aliphatic rings. The lowest BCUT2D eigenvalue weighted by Gasteiger charge is -2.34. The number of aryl methyl sites for hydroxylation is 1. The third-order valence-corrected chi connectivity index (χ3v) is 5.29. The Labute approximate surface area is 207 Å². The van der Waals surface area contributed by atoms with Crippen molar-refractivity contribution in [2.24, 2.45) is 0 Å². The molecule has 2 aromatic rings. The number of aliphatic hydroxyl groups is 1. The van der Waals surface area contributed by atoms with Crippen molar-refractivity contribution in [2.45, 2.75) is 65.1 Å². The molecule has 2 atom stereocenters. The normalized spacial score (nSPS) is 12.9. The van der Waals surface area contributed by atoms with Crippen molar-refractivity contribution < 1.29 is 24.2 Å². The number of rotatable bonds is 10. The summed E-state index contributed by atoms with van der Waals surface area (Å²) in [5, 5.41) is 15.4. The average molecular weight is 484 g/mol. The van der Waals surface area contributed by atoms with Crippen LogP contribution in [0.5, 0.6) is 0 Å². The minimum atomic E-state index is -1.26. The lowest BCUT2D eigenvalue weighted by atomic mass is 10.0. The third-order valence-electron chi connectivity index (χ3n) is 5.29. The van der Waals surface area contributed by atoms with E-state index >= 15 is 0 Å². The van der Waals surface area contributed by atoms with Crippen molar-refractivity contribution >= 4 is 23.6 Å². The lowest BCUT2D eigenvalue weighted by molar-refractivity contribution is -0.141. The Morgan fingerprint density at radius 2 is 1.66 bits per heavy atom. The van der Waals surface area contributed by atoms with Crippen LogP contribution >= 0.6 is 0 Å². The van der Waals surface area contributed by atoms with Gasteiger partial charge in [-0.05, 0) is 51.3 Å². The van der Waals surface area contributed by atoms with Gasteiger partial charge in [0.2, 0.25) is 5.91 Å². The Balaban J connectivity index is 2.42. The molecule has 8 nitrogen and oxygen atoms in total. The molecule has 0 saturated carbocycles. The number of hydrogen-bond donors (Lipinski definition) is 3. The van der Waals surface area contributed by atoms with Crippen LogP contribution < -0.4 is 10.6 Å². The van der Waals surface area contributed by atoms with Crippen LogP contribution in [0.4, 0.5) is 10.5 Å². The summed E-state index contributed by atoms with van der Waals surface area (Å²) in [4.78, 5) is 41.0. The first kappa shape index (κ1) is 27.9. The van der Waals surface area contributed by atoms with Crippen LogP contribution in [-0.2, 0) is 14.3 Å². The van der Waals surface area contributed by atoms with E-state index in [9.17, 15) is 19.5 Å². The standard InChI is InChI=1S/C27H37N3O5/c1-6-7-17-30(25(33)22(18-31)29-26(34)35-27(3,4)5)23(20-14-9-8-10-15-20)24(32)28-21-16-12-11-13-19(21)2/h8-16,22-23,31H,6-7,17-18H2,1-5H3,(H,28,32)(H,29,34). The number of unbranched alkanes of at least 4 members (excludes halogenated alkanes) is 1. The predicted molar refractivity (Wildman–Crippen MR) is 136 cm³/mol. The number of amides is 3. The van der Waals surface area contributed by atoms with Gasteiger partial charge in [-0.2, -0.15) is 0 Å². The number of alkyl carbamates (subject to hydrolysis) is 1. The number of benzene rings is 2. The number of nitrogens with zero attached hydrogens (tertiary/aromatic N) is 1. The largest absolute Gasteiger partial charge is 0.444 e. The van der Waals surface area contributed by atoms with E-state index in [0.29, 0.717) is 17.7 Å². The van der Waals surface area contributed by atoms with Crippen molar-refractivity contribution in [3.63, 3.8) is 0 Å². The second kappa shape index (κ2) is 12.9. The molecule has 8 heteroatoms. The van der Waals surface area contributed by atoms with E-state index in [-0.39, 0.29) is 12.5 Å². The molecule has 2 unspecified atom stereocenters. The summed E-state index contributed by atoms with van der Waals surface area (Å²) in [7, 11) is 0. The highest BCUT2D eigenvalue weighted by Crippen LogP contribution is 2.25. The molecule has 0 saturated heterocycles. The molecule has 35 heavy (non-hydrogen) atoms. The lowest BCUT2D eigenvalue weighted by Crippen LogP contribution is -2.54. The predicted octanol–water partition coefficient (Wildman–Crippen LogP) is 4.19. The van der Waals surface area contributed by atoms with Gasteiger partial charge < -0.3 is 25.4 Å². The maximum absolute atomic E-state index is 13.6. The van der Waals surface area contributed by atoms with Crippen molar-refractivity contribution in [2.75, 3.05) is 18.5 Å². The van der Waals surface area contributed by atoms with Crippen LogP contribution in [0.25, 0.3) is 0 Å². The van der Waals surface area contributed by atoms with Crippen molar-refractivity contribution in [3.8, 4) is 0 Å². The molecule has 0 radical (unpaired) electrons. The Hall–Kier alpha value is -3.39. The van der Waals surface area contributed by atoms with Gasteiger partial charge in [-0.15, -0.1) is 0 Å². The van der Waals surface area contributed by atoms with Crippen LogP contribution in [-0.4, -0.2) is 52.7 Å². The van der Waals surface area contributed by atoms with E-state index in [1.54, 1.807) is 51.1 Å². The Bertz CT molecular complexity index is 988. The first-order chi connectivity index (χ1) is 16.6. The van der Waals surface area contributed by atoms with Crippen LogP contribution in [0.1, 0.15) is 57.7 Å². The monoisotopic (exact) mass is 483 g/mol. The van der Waals surface area contributed by atoms with Crippen LogP contribution in [0.2, 0.25) is 0 Å². The molecule has 0 fully saturated rings. The molecule has 0 bridgehead atoms. The fraction of sp³-hybridized carbons (Fsp3) is 0.444. The summed E-state index contributed by atoms with van der Waals surface area (Å²) in [5.74, 6) is -0.954. The van der Waals surface area contributed by atoms with Gasteiger partial charge in [0.15, 0.2) is 0 Å². The van der Waals surface area contributed by atoms with E-state index in [4.69, 9.17) is 4.74 Å². The number of para-hydroxylation sites is 1. The summed E-state index contributed by atoms with van der Waals surface area (Å²) >= 11 is 0. The van der Waals surface area contributed by atoms with Crippen LogP contribution in [0.3, 0.4) is 0 Å². The van der Waals surface area contributed by atoms with Gasteiger partial charge in [0.25, 0.3) is 5.91 Å². The number of aliphatic hydroxyl groups excluding tert-OH is 1. The van der Waals surface area contributed by atoms with Gasteiger partial charge in [-0.1, -0.05) is 61.9 Å². The zero-order valence-corrected chi connectivity index (χ0v) is 21.2. The zero-order valence-electron chi connectivity index (χ0n) is 21.2.